The molecule has 1 amide bonds. The number of hydrogen-bond acceptors (Lipinski definition) is 5. The van der Waals surface area contributed by atoms with Crippen LogP contribution < -0.4 is 10.6 Å². The Balaban J connectivity index is 1.55. The molecule has 2 N–H and O–H groups in total. The number of nitrogens with one attached hydrogen (secondary N) is 2. The number of aryl methyl sites for hydroxylation is 2. The summed E-state index contributed by atoms with van der Waals surface area (Å²) in [5.74, 6) is 2.35. The Morgan fingerprint density at radius 3 is 2.84 bits per heavy atom. The molecule has 1 aliphatic heterocycles. The van der Waals surface area contributed by atoms with Gasteiger partial charge < -0.3 is 15.4 Å². The van der Waals surface area contributed by atoms with Crippen molar-refractivity contribution in [3.63, 3.8) is 0 Å². The maximum atomic E-state index is 11.9. The summed E-state index contributed by atoms with van der Waals surface area (Å²) in [4.78, 5) is 16.5. The van der Waals surface area contributed by atoms with Crippen LogP contribution in [-0.4, -0.2) is 39.0 Å². The fraction of sp³-hybridized carbons (Fsp3) is 0.833. The first-order chi connectivity index (χ1) is 11.8. The van der Waals surface area contributed by atoms with E-state index in [0.29, 0.717) is 18.5 Å². The van der Waals surface area contributed by atoms with Gasteiger partial charge in [-0.25, -0.2) is 14.5 Å². The van der Waals surface area contributed by atoms with E-state index in [1.54, 1.807) is 0 Å². The molecule has 1 saturated carbocycles. The molecule has 0 bridgehead atoms. The summed E-state index contributed by atoms with van der Waals surface area (Å²) in [6.45, 7) is 9.22. The minimum absolute atomic E-state index is 0.266. The van der Waals surface area contributed by atoms with Gasteiger partial charge in [0.25, 0.3) is 0 Å². The fourth-order valence-corrected chi connectivity index (χ4v) is 3.91. The summed E-state index contributed by atoms with van der Waals surface area (Å²) in [5, 5.41) is 11.2. The summed E-state index contributed by atoms with van der Waals surface area (Å²) < 4.78 is 7.38. The lowest BCUT2D eigenvalue weighted by atomic mass is 10.00. The Morgan fingerprint density at radius 2 is 2.08 bits per heavy atom. The average Bonchev–Trinajstić information content (AvgIpc) is 3.09. The van der Waals surface area contributed by atoms with Crippen molar-refractivity contribution in [2.24, 2.45) is 5.92 Å². The van der Waals surface area contributed by atoms with Crippen molar-refractivity contribution < 1.29 is 9.53 Å². The molecule has 1 aromatic heterocycles. The molecule has 2 heterocycles. The largest absolute Gasteiger partial charge is 0.444 e. The van der Waals surface area contributed by atoms with Gasteiger partial charge in [-0.3, -0.25) is 0 Å². The van der Waals surface area contributed by atoms with E-state index in [1.165, 1.54) is 6.42 Å². The minimum atomic E-state index is -0.457. The molecule has 25 heavy (non-hydrogen) atoms. The first-order valence-electron chi connectivity index (χ1n) is 9.46. The quantitative estimate of drug-likeness (QED) is 0.873. The Morgan fingerprint density at radius 1 is 1.28 bits per heavy atom. The normalized spacial score (nSPS) is 26.3. The van der Waals surface area contributed by atoms with Crippen LogP contribution in [0.1, 0.15) is 70.6 Å². The number of alkyl carbamates (subject to hydrolysis) is 1. The number of carbonyl (C=O) groups excluding carboxylic acids is 1. The monoisotopic (exact) mass is 349 g/mol. The molecule has 2 aliphatic rings. The van der Waals surface area contributed by atoms with Gasteiger partial charge >= 0.3 is 6.09 Å². The van der Waals surface area contributed by atoms with Gasteiger partial charge in [-0.05, 0) is 59.3 Å². The van der Waals surface area contributed by atoms with E-state index >= 15 is 0 Å². The van der Waals surface area contributed by atoms with Crippen molar-refractivity contribution in [3.8, 4) is 0 Å². The molecule has 140 valence electrons. The van der Waals surface area contributed by atoms with Crippen LogP contribution in [0.15, 0.2) is 0 Å². The molecule has 3 atom stereocenters. The van der Waals surface area contributed by atoms with Gasteiger partial charge in [0, 0.05) is 19.1 Å². The van der Waals surface area contributed by atoms with Gasteiger partial charge in [-0.2, -0.15) is 5.10 Å². The lowest BCUT2D eigenvalue weighted by molar-refractivity contribution is 0.0517. The number of fused-ring (bicyclic) bond motifs is 1. The van der Waals surface area contributed by atoms with Crippen molar-refractivity contribution in [2.75, 3.05) is 6.54 Å². The minimum Gasteiger partial charge on any atom is -0.444 e. The molecule has 0 radical (unpaired) electrons. The zero-order valence-electron chi connectivity index (χ0n) is 15.8. The Hall–Kier alpha value is -1.63. The second-order valence-electron chi connectivity index (χ2n) is 8.28. The molecular formula is C18H31N5O2. The summed E-state index contributed by atoms with van der Waals surface area (Å²) in [6.07, 6.45) is 5.36. The van der Waals surface area contributed by atoms with E-state index in [2.05, 4.69) is 20.7 Å². The van der Waals surface area contributed by atoms with Crippen LogP contribution in [0, 0.1) is 12.8 Å². The number of hydrogen-bond donors (Lipinski definition) is 2. The number of amides is 1. The van der Waals surface area contributed by atoms with Gasteiger partial charge in [0.1, 0.15) is 17.2 Å². The van der Waals surface area contributed by atoms with Crippen LogP contribution in [0.25, 0.3) is 0 Å². The first-order valence-corrected chi connectivity index (χ1v) is 9.46. The number of carbonyl (C=O) groups is 1. The van der Waals surface area contributed by atoms with Gasteiger partial charge in [0.2, 0.25) is 0 Å². The predicted molar refractivity (Wildman–Crippen MR) is 95.2 cm³/mol. The Bertz CT molecular complexity index is 607. The molecule has 1 fully saturated rings. The molecule has 0 saturated heterocycles. The standard InChI is InChI=1S/C18H31N5O2/c1-12-20-16-15(9-6-10-23(16)22-12)21-14-8-5-7-13(14)11-19-17(24)25-18(2,3)4/h13-15,21H,5-11H2,1-4H3,(H,19,24)/t13-,14+,15-/m0/s1. The molecule has 0 unspecified atom stereocenters. The Labute approximate surface area is 149 Å². The predicted octanol–water partition coefficient (Wildman–Crippen LogP) is 2.70. The third-order valence-electron chi connectivity index (χ3n) is 4.96. The van der Waals surface area contributed by atoms with E-state index in [9.17, 15) is 4.79 Å². The SMILES string of the molecule is Cc1nc2n(n1)CCC[C@@H]2N[C@@H]1CCC[C@H]1CNC(=O)OC(C)(C)C. The van der Waals surface area contributed by atoms with Crippen LogP contribution in [0.5, 0.6) is 0 Å². The lowest BCUT2D eigenvalue weighted by Crippen LogP contribution is -2.43. The zero-order valence-corrected chi connectivity index (χ0v) is 15.8. The van der Waals surface area contributed by atoms with Crippen molar-refractivity contribution in [2.45, 2.75) is 84.0 Å². The average molecular weight is 349 g/mol. The van der Waals surface area contributed by atoms with Gasteiger partial charge in [-0.15, -0.1) is 0 Å². The molecule has 3 rings (SSSR count). The van der Waals surface area contributed by atoms with Crippen molar-refractivity contribution in [3.05, 3.63) is 11.6 Å². The number of rotatable bonds is 4. The van der Waals surface area contributed by atoms with Crippen molar-refractivity contribution in [1.29, 1.82) is 0 Å². The molecular weight excluding hydrogens is 318 g/mol. The van der Waals surface area contributed by atoms with Gasteiger partial charge in [0.05, 0.1) is 6.04 Å². The molecule has 0 spiro atoms. The first kappa shape index (κ1) is 18.2. The second-order valence-corrected chi connectivity index (χ2v) is 8.28. The van der Waals surface area contributed by atoms with E-state index in [0.717, 1.165) is 43.9 Å². The van der Waals surface area contributed by atoms with E-state index < -0.39 is 5.60 Å². The van der Waals surface area contributed by atoms with Crippen LogP contribution in [0.2, 0.25) is 0 Å². The highest BCUT2D eigenvalue weighted by molar-refractivity contribution is 5.67. The van der Waals surface area contributed by atoms with Crippen molar-refractivity contribution >= 4 is 6.09 Å². The Kier molecular flexibility index (Phi) is 5.32. The van der Waals surface area contributed by atoms with Crippen LogP contribution in [-0.2, 0) is 11.3 Å². The molecule has 7 heteroatoms. The summed E-state index contributed by atoms with van der Waals surface area (Å²) in [5.41, 5.74) is -0.457. The van der Waals surface area contributed by atoms with Crippen LogP contribution in [0.4, 0.5) is 4.79 Å². The van der Waals surface area contributed by atoms with Crippen LogP contribution >= 0.6 is 0 Å². The fourth-order valence-electron chi connectivity index (χ4n) is 3.91. The molecule has 1 aliphatic carbocycles. The summed E-state index contributed by atoms with van der Waals surface area (Å²) in [7, 11) is 0. The van der Waals surface area contributed by atoms with E-state index in [4.69, 9.17) is 4.74 Å². The van der Waals surface area contributed by atoms with Gasteiger partial charge in [-0.1, -0.05) is 6.42 Å². The highest BCUT2D eigenvalue weighted by atomic mass is 16.6. The summed E-state index contributed by atoms with van der Waals surface area (Å²) >= 11 is 0. The third-order valence-corrected chi connectivity index (χ3v) is 4.96. The van der Waals surface area contributed by atoms with E-state index in [-0.39, 0.29) is 12.1 Å². The molecule has 7 nitrogen and oxygen atoms in total. The second kappa shape index (κ2) is 7.32. The topological polar surface area (TPSA) is 81.1 Å². The third kappa shape index (κ3) is 4.71. The molecule has 0 aromatic carbocycles. The zero-order chi connectivity index (χ0) is 18.0. The number of ether oxygens (including phenoxy) is 1. The van der Waals surface area contributed by atoms with Crippen LogP contribution in [0.3, 0.4) is 0 Å². The van der Waals surface area contributed by atoms with E-state index in [1.807, 2.05) is 32.4 Å². The maximum absolute atomic E-state index is 11.9. The lowest BCUT2D eigenvalue weighted by Gasteiger charge is -2.29. The van der Waals surface area contributed by atoms with Gasteiger partial charge in [0.15, 0.2) is 0 Å². The molecule has 1 aromatic rings. The smallest absolute Gasteiger partial charge is 0.407 e. The summed E-state index contributed by atoms with van der Waals surface area (Å²) in [6, 6.07) is 0.672. The maximum Gasteiger partial charge on any atom is 0.407 e. The number of aromatic nitrogens is 3. The highest BCUT2D eigenvalue weighted by Crippen LogP contribution is 2.30. The highest BCUT2D eigenvalue weighted by Gasteiger charge is 2.32. The van der Waals surface area contributed by atoms with Crippen molar-refractivity contribution in [1.82, 2.24) is 25.4 Å². The number of nitrogens with zero attached hydrogens (tertiary/aromatic N) is 3.